The first-order chi connectivity index (χ1) is 8.14. The molecule has 0 aromatic rings. The van der Waals surface area contributed by atoms with Gasteiger partial charge in [-0.25, -0.2) is 13.1 Å². The van der Waals surface area contributed by atoms with Gasteiger partial charge in [0.25, 0.3) is 0 Å². The number of rotatable bonds is 7. The average Bonchev–Trinajstić information content (AvgIpc) is 2.29. The van der Waals surface area contributed by atoms with Crippen molar-refractivity contribution < 1.29 is 8.42 Å². The van der Waals surface area contributed by atoms with Gasteiger partial charge in [-0.15, -0.1) is 18.2 Å². The summed E-state index contributed by atoms with van der Waals surface area (Å²) in [6, 6.07) is 0. The van der Waals surface area contributed by atoms with E-state index in [1.54, 1.807) is 11.8 Å². The number of nitrogens with one attached hydrogen (secondary N) is 2. The minimum Gasteiger partial charge on any atom is -0.316 e. The van der Waals surface area contributed by atoms with E-state index in [2.05, 4.69) is 16.0 Å². The van der Waals surface area contributed by atoms with Gasteiger partial charge >= 0.3 is 0 Å². The summed E-state index contributed by atoms with van der Waals surface area (Å²) in [4.78, 5) is 0. The Morgan fingerprint density at radius 1 is 1.53 bits per heavy atom. The van der Waals surface area contributed by atoms with E-state index in [9.17, 15) is 8.42 Å². The maximum atomic E-state index is 11.7. The molecule has 1 atom stereocenters. The highest BCUT2D eigenvalue weighted by Gasteiger charge is 2.20. The molecule has 6 heteroatoms. The fourth-order valence-electron chi connectivity index (χ4n) is 1.84. The Kier molecular flexibility index (Phi) is 6.97. The molecular weight excluding hydrogens is 256 g/mol. The van der Waals surface area contributed by atoms with Gasteiger partial charge in [0.2, 0.25) is 10.0 Å². The van der Waals surface area contributed by atoms with Crippen molar-refractivity contribution in [1.29, 1.82) is 0 Å². The Morgan fingerprint density at radius 2 is 2.35 bits per heavy atom. The Morgan fingerprint density at radius 3 is 3.00 bits per heavy atom. The lowest BCUT2D eigenvalue weighted by atomic mass is 10.0. The quantitative estimate of drug-likeness (QED) is 0.518. The van der Waals surface area contributed by atoms with Crippen LogP contribution in [-0.4, -0.2) is 45.3 Å². The van der Waals surface area contributed by atoms with E-state index in [1.807, 2.05) is 0 Å². The summed E-state index contributed by atoms with van der Waals surface area (Å²) in [5, 5.41) is 3.22. The molecule has 1 unspecified atom stereocenters. The third-order valence-corrected chi connectivity index (χ3v) is 5.03. The maximum Gasteiger partial charge on any atom is 0.211 e. The lowest BCUT2D eigenvalue weighted by Crippen LogP contribution is -2.38. The second-order valence-electron chi connectivity index (χ2n) is 4.14. The number of sulfonamides is 1. The molecule has 1 rings (SSSR count). The second-order valence-corrected chi connectivity index (χ2v) is 7.10. The zero-order valence-electron chi connectivity index (χ0n) is 9.94. The van der Waals surface area contributed by atoms with E-state index >= 15 is 0 Å². The molecule has 0 amide bonds. The molecule has 17 heavy (non-hydrogen) atoms. The van der Waals surface area contributed by atoms with Crippen molar-refractivity contribution in [3.8, 4) is 12.3 Å². The zero-order chi connectivity index (χ0) is 12.6. The number of piperidine rings is 1. The summed E-state index contributed by atoms with van der Waals surface area (Å²) in [6.07, 6.45) is 7.17. The fourth-order valence-corrected chi connectivity index (χ4v) is 3.91. The largest absolute Gasteiger partial charge is 0.316 e. The lowest BCUT2D eigenvalue weighted by Gasteiger charge is -2.22. The van der Waals surface area contributed by atoms with Crippen molar-refractivity contribution in [3.63, 3.8) is 0 Å². The van der Waals surface area contributed by atoms with Gasteiger partial charge in [0.05, 0.1) is 11.5 Å². The predicted octanol–water partition coefficient (Wildman–Crippen LogP) is 0.272. The van der Waals surface area contributed by atoms with Crippen LogP contribution in [0.25, 0.3) is 0 Å². The molecule has 1 aliphatic heterocycles. The SMILES string of the molecule is C#CCSCCNS(=O)(=O)CC1CCCNC1. The molecule has 0 saturated carbocycles. The molecule has 1 heterocycles. The van der Waals surface area contributed by atoms with Gasteiger partial charge in [0.1, 0.15) is 0 Å². The van der Waals surface area contributed by atoms with Crippen LogP contribution >= 0.6 is 11.8 Å². The van der Waals surface area contributed by atoms with E-state index < -0.39 is 10.0 Å². The van der Waals surface area contributed by atoms with Crippen LogP contribution in [0.15, 0.2) is 0 Å². The summed E-state index contributed by atoms with van der Waals surface area (Å²) in [7, 11) is -3.12. The zero-order valence-corrected chi connectivity index (χ0v) is 11.6. The highest BCUT2D eigenvalue weighted by atomic mass is 32.2. The van der Waals surface area contributed by atoms with Crippen LogP contribution in [0.1, 0.15) is 12.8 Å². The van der Waals surface area contributed by atoms with Gasteiger partial charge < -0.3 is 5.32 Å². The van der Waals surface area contributed by atoms with Crippen molar-refractivity contribution in [2.75, 3.05) is 36.9 Å². The van der Waals surface area contributed by atoms with Crippen molar-refractivity contribution in [2.24, 2.45) is 5.92 Å². The van der Waals surface area contributed by atoms with Gasteiger partial charge in [-0.2, -0.15) is 0 Å². The first-order valence-electron chi connectivity index (χ1n) is 5.83. The van der Waals surface area contributed by atoms with Gasteiger partial charge in [0.15, 0.2) is 0 Å². The summed E-state index contributed by atoms with van der Waals surface area (Å²) < 4.78 is 26.1. The molecule has 1 aliphatic rings. The Labute approximate surface area is 108 Å². The first kappa shape index (κ1) is 14.8. The van der Waals surface area contributed by atoms with Crippen LogP contribution in [0.2, 0.25) is 0 Å². The van der Waals surface area contributed by atoms with Crippen LogP contribution in [0.5, 0.6) is 0 Å². The minimum atomic E-state index is -3.12. The minimum absolute atomic E-state index is 0.236. The molecular formula is C11H20N2O2S2. The van der Waals surface area contributed by atoms with E-state index in [4.69, 9.17) is 6.42 Å². The Bertz CT molecular complexity index is 343. The van der Waals surface area contributed by atoms with Crippen LogP contribution in [-0.2, 0) is 10.0 Å². The van der Waals surface area contributed by atoms with Crippen molar-refractivity contribution in [1.82, 2.24) is 10.0 Å². The monoisotopic (exact) mass is 276 g/mol. The van der Waals surface area contributed by atoms with Crippen LogP contribution < -0.4 is 10.0 Å². The van der Waals surface area contributed by atoms with E-state index in [0.717, 1.165) is 31.7 Å². The highest BCUT2D eigenvalue weighted by Crippen LogP contribution is 2.11. The normalized spacial score (nSPS) is 21.0. The number of hydrogen-bond acceptors (Lipinski definition) is 4. The van der Waals surface area contributed by atoms with Crippen LogP contribution in [0, 0.1) is 18.3 Å². The molecule has 1 fully saturated rings. The smallest absolute Gasteiger partial charge is 0.211 e. The van der Waals surface area contributed by atoms with Gasteiger partial charge in [-0.1, -0.05) is 5.92 Å². The molecule has 0 aliphatic carbocycles. The van der Waals surface area contributed by atoms with E-state index in [1.165, 1.54) is 0 Å². The van der Waals surface area contributed by atoms with Gasteiger partial charge in [-0.3, -0.25) is 0 Å². The standard InChI is InChI=1S/C11H20N2O2S2/c1-2-7-16-8-6-13-17(14,15)10-11-4-3-5-12-9-11/h1,11-13H,3-10H2. The third kappa shape index (κ3) is 6.94. The number of terminal acetylenes is 1. The molecule has 0 radical (unpaired) electrons. The topological polar surface area (TPSA) is 58.2 Å². The molecule has 98 valence electrons. The summed E-state index contributed by atoms with van der Waals surface area (Å²) in [6.45, 7) is 2.29. The summed E-state index contributed by atoms with van der Waals surface area (Å²) >= 11 is 1.56. The molecule has 0 aromatic carbocycles. The van der Waals surface area contributed by atoms with Crippen molar-refractivity contribution in [2.45, 2.75) is 12.8 Å². The van der Waals surface area contributed by atoms with E-state index in [0.29, 0.717) is 12.3 Å². The molecule has 0 bridgehead atoms. The average molecular weight is 276 g/mol. The molecule has 1 saturated heterocycles. The highest BCUT2D eigenvalue weighted by molar-refractivity contribution is 7.99. The summed E-state index contributed by atoms with van der Waals surface area (Å²) in [5.74, 6) is 4.36. The van der Waals surface area contributed by atoms with Crippen molar-refractivity contribution in [3.05, 3.63) is 0 Å². The molecule has 2 N–H and O–H groups in total. The predicted molar refractivity (Wildman–Crippen MR) is 73.5 cm³/mol. The molecule has 0 spiro atoms. The second kappa shape index (κ2) is 7.98. The van der Waals surface area contributed by atoms with Crippen LogP contribution in [0.3, 0.4) is 0 Å². The van der Waals surface area contributed by atoms with Crippen LogP contribution in [0.4, 0.5) is 0 Å². The van der Waals surface area contributed by atoms with Crippen molar-refractivity contribution >= 4 is 21.8 Å². The number of thioether (sulfide) groups is 1. The fraction of sp³-hybridized carbons (Fsp3) is 0.818. The number of hydrogen-bond donors (Lipinski definition) is 2. The molecule has 0 aromatic heterocycles. The maximum absolute atomic E-state index is 11.7. The van der Waals surface area contributed by atoms with E-state index in [-0.39, 0.29) is 11.7 Å². The lowest BCUT2D eigenvalue weighted by molar-refractivity contribution is 0.403. The summed E-state index contributed by atoms with van der Waals surface area (Å²) in [5.41, 5.74) is 0. The van der Waals surface area contributed by atoms with Gasteiger partial charge in [0, 0.05) is 12.3 Å². The van der Waals surface area contributed by atoms with Gasteiger partial charge in [-0.05, 0) is 31.8 Å². The molecule has 4 nitrogen and oxygen atoms in total. The Balaban J connectivity index is 2.19. The third-order valence-electron chi connectivity index (χ3n) is 2.61. The first-order valence-corrected chi connectivity index (χ1v) is 8.64. The Hall–Kier alpha value is -0.220.